The van der Waals surface area contributed by atoms with Crippen LogP contribution in [0, 0.1) is 0 Å². The van der Waals surface area contributed by atoms with Crippen LogP contribution in [-0.2, 0) is 0 Å². The van der Waals surface area contributed by atoms with Gasteiger partial charge in [-0.15, -0.1) is 0 Å². The third kappa shape index (κ3) is 2.90. The number of carbonyl (C=O) groups is 1. The van der Waals surface area contributed by atoms with Crippen molar-refractivity contribution < 1.29 is 15.0 Å². The van der Waals surface area contributed by atoms with Crippen LogP contribution in [0.5, 0.6) is 5.75 Å². The topological polar surface area (TPSA) is 60.8 Å². The number of halogens is 1. The lowest BCUT2D eigenvalue weighted by Crippen LogP contribution is -2.47. The molecule has 0 bridgehead atoms. The van der Waals surface area contributed by atoms with E-state index in [4.69, 9.17) is 11.6 Å². The predicted octanol–water partition coefficient (Wildman–Crippen LogP) is 1.89. The third-order valence-electron chi connectivity index (χ3n) is 2.79. The zero-order valence-electron chi connectivity index (χ0n) is 10.1. The minimum atomic E-state index is -0.703. The van der Waals surface area contributed by atoms with E-state index in [0.29, 0.717) is 5.02 Å². The van der Waals surface area contributed by atoms with Gasteiger partial charge in [0.15, 0.2) is 0 Å². The highest BCUT2D eigenvalue weighted by Gasteiger charge is 2.28. The molecule has 0 fully saturated rings. The first-order valence-corrected chi connectivity index (χ1v) is 5.55. The van der Waals surface area contributed by atoms with Gasteiger partial charge in [-0.25, -0.2) is 0 Å². The number of hydrogen-bond donors (Lipinski definition) is 2. The second-order valence-corrected chi connectivity index (χ2v) is 4.93. The van der Waals surface area contributed by atoms with Gasteiger partial charge < -0.3 is 15.1 Å². The van der Waals surface area contributed by atoms with Crippen molar-refractivity contribution in [3.63, 3.8) is 0 Å². The Hall–Kier alpha value is -1.26. The number of hydrogen-bond acceptors (Lipinski definition) is 3. The lowest BCUT2D eigenvalue weighted by Gasteiger charge is -2.34. The standard InChI is InChI=1S/C12H16ClNO3/c1-12(2,7-15)14(3)11(17)9-6-8(13)4-5-10(9)16/h4-6,15-16H,7H2,1-3H3. The van der Waals surface area contributed by atoms with Gasteiger partial charge in [0.1, 0.15) is 5.75 Å². The molecule has 1 aromatic rings. The molecule has 0 aliphatic rings. The average molecular weight is 258 g/mol. The van der Waals surface area contributed by atoms with Gasteiger partial charge in [-0.3, -0.25) is 4.79 Å². The Morgan fingerprint density at radius 2 is 2.06 bits per heavy atom. The Morgan fingerprint density at radius 3 is 2.59 bits per heavy atom. The number of carbonyl (C=O) groups excluding carboxylic acids is 1. The highest BCUT2D eigenvalue weighted by Crippen LogP contribution is 2.25. The molecule has 5 heteroatoms. The number of amides is 1. The monoisotopic (exact) mass is 257 g/mol. The van der Waals surface area contributed by atoms with E-state index >= 15 is 0 Å². The fraction of sp³-hybridized carbons (Fsp3) is 0.417. The molecule has 0 spiro atoms. The van der Waals surface area contributed by atoms with Gasteiger partial charge in [0.2, 0.25) is 0 Å². The van der Waals surface area contributed by atoms with Gasteiger partial charge in [0, 0.05) is 12.1 Å². The zero-order valence-corrected chi connectivity index (χ0v) is 10.8. The summed E-state index contributed by atoms with van der Waals surface area (Å²) in [5.74, 6) is -0.510. The molecular weight excluding hydrogens is 242 g/mol. The molecule has 1 aromatic carbocycles. The van der Waals surface area contributed by atoms with E-state index in [9.17, 15) is 15.0 Å². The fourth-order valence-corrected chi connectivity index (χ4v) is 1.41. The smallest absolute Gasteiger partial charge is 0.257 e. The lowest BCUT2D eigenvalue weighted by molar-refractivity contribution is 0.0470. The van der Waals surface area contributed by atoms with Crippen LogP contribution in [0.4, 0.5) is 0 Å². The molecule has 0 unspecified atom stereocenters. The maximum Gasteiger partial charge on any atom is 0.257 e. The number of nitrogens with zero attached hydrogens (tertiary/aromatic N) is 1. The summed E-state index contributed by atoms with van der Waals surface area (Å²) < 4.78 is 0. The van der Waals surface area contributed by atoms with Crippen molar-refractivity contribution in [3.05, 3.63) is 28.8 Å². The minimum Gasteiger partial charge on any atom is -0.507 e. The molecule has 0 saturated heterocycles. The first kappa shape index (κ1) is 13.8. The maximum atomic E-state index is 12.1. The number of aromatic hydroxyl groups is 1. The molecule has 0 saturated carbocycles. The van der Waals surface area contributed by atoms with E-state index < -0.39 is 5.54 Å². The van der Waals surface area contributed by atoms with Crippen molar-refractivity contribution in [2.24, 2.45) is 0 Å². The Balaban J connectivity index is 3.08. The van der Waals surface area contributed by atoms with Crippen LogP contribution < -0.4 is 0 Å². The summed E-state index contributed by atoms with van der Waals surface area (Å²) in [6.07, 6.45) is 0. The minimum absolute atomic E-state index is 0.125. The van der Waals surface area contributed by atoms with E-state index in [-0.39, 0.29) is 23.8 Å². The van der Waals surface area contributed by atoms with Crippen LogP contribution in [0.15, 0.2) is 18.2 Å². The molecule has 0 heterocycles. The van der Waals surface area contributed by atoms with Gasteiger partial charge >= 0.3 is 0 Å². The van der Waals surface area contributed by atoms with E-state index in [0.717, 1.165) is 0 Å². The van der Waals surface area contributed by atoms with E-state index in [1.165, 1.54) is 23.1 Å². The molecule has 1 amide bonds. The van der Waals surface area contributed by atoms with Gasteiger partial charge in [0.05, 0.1) is 17.7 Å². The molecule has 94 valence electrons. The van der Waals surface area contributed by atoms with Crippen molar-refractivity contribution in [1.29, 1.82) is 0 Å². The Labute approximate surface area is 105 Å². The molecular formula is C12H16ClNO3. The zero-order chi connectivity index (χ0) is 13.2. The van der Waals surface area contributed by atoms with Gasteiger partial charge in [-0.2, -0.15) is 0 Å². The number of aliphatic hydroxyl groups is 1. The van der Waals surface area contributed by atoms with Gasteiger partial charge in [0.25, 0.3) is 5.91 Å². The molecule has 0 radical (unpaired) electrons. The number of likely N-dealkylation sites (N-methyl/N-ethyl adjacent to an activating group) is 1. The first-order valence-electron chi connectivity index (χ1n) is 5.17. The quantitative estimate of drug-likeness (QED) is 0.869. The lowest BCUT2D eigenvalue weighted by atomic mass is 10.0. The van der Waals surface area contributed by atoms with Crippen LogP contribution in [0.2, 0.25) is 5.02 Å². The predicted molar refractivity (Wildman–Crippen MR) is 66.4 cm³/mol. The molecule has 0 atom stereocenters. The van der Waals surface area contributed by atoms with E-state index in [2.05, 4.69) is 0 Å². The van der Waals surface area contributed by atoms with E-state index in [1.54, 1.807) is 20.9 Å². The molecule has 4 nitrogen and oxygen atoms in total. The van der Waals surface area contributed by atoms with Crippen molar-refractivity contribution in [3.8, 4) is 5.75 Å². The molecule has 0 aliphatic carbocycles. The van der Waals surface area contributed by atoms with Crippen molar-refractivity contribution in [2.45, 2.75) is 19.4 Å². The number of benzene rings is 1. The fourth-order valence-electron chi connectivity index (χ4n) is 1.24. The summed E-state index contributed by atoms with van der Waals surface area (Å²) in [6, 6.07) is 4.28. The van der Waals surface area contributed by atoms with Gasteiger partial charge in [-0.1, -0.05) is 11.6 Å². The van der Waals surface area contributed by atoms with Crippen LogP contribution in [-0.4, -0.2) is 40.2 Å². The summed E-state index contributed by atoms with van der Waals surface area (Å²) in [5, 5.41) is 19.2. The second kappa shape index (κ2) is 4.94. The summed E-state index contributed by atoms with van der Waals surface area (Å²) in [5.41, 5.74) is -0.576. The number of rotatable bonds is 3. The van der Waals surface area contributed by atoms with E-state index in [1.807, 2.05) is 0 Å². The maximum absolute atomic E-state index is 12.1. The summed E-state index contributed by atoms with van der Waals surface area (Å²) in [6.45, 7) is 3.29. The number of phenols is 1. The summed E-state index contributed by atoms with van der Waals surface area (Å²) in [4.78, 5) is 13.5. The van der Waals surface area contributed by atoms with Gasteiger partial charge in [-0.05, 0) is 32.0 Å². The summed E-state index contributed by atoms with van der Waals surface area (Å²) in [7, 11) is 1.57. The van der Waals surface area contributed by atoms with Crippen LogP contribution in [0.25, 0.3) is 0 Å². The number of phenolic OH excluding ortho intramolecular Hbond substituents is 1. The Bertz CT molecular complexity index is 432. The molecule has 0 aromatic heterocycles. The second-order valence-electron chi connectivity index (χ2n) is 4.50. The highest BCUT2D eigenvalue weighted by molar-refractivity contribution is 6.31. The molecule has 0 aliphatic heterocycles. The van der Waals surface area contributed by atoms with Crippen molar-refractivity contribution in [1.82, 2.24) is 4.90 Å². The Kier molecular flexibility index (Phi) is 4.01. The number of aliphatic hydroxyl groups excluding tert-OH is 1. The molecule has 1 rings (SSSR count). The van der Waals surface area contributed by atoms with Crippen LogP contribution >= 0.6 is 11.6 Å². The highest BCUT2D eigenvalue weighted by atomic mass is 35.5. The summed E-state index contributed by atoms with van der Waals surface area (Å²) >= 11 is 5.78. The molecule has 17 heavy (non-hydrogen) atoms. The van der Waals surface area contributed by atoms with Crippen molar-refractivity contribution >= 4 is 17.5 Å². The van der Waals surface area contributed by atoms with Crippen molar-refractivity contribution in [2.75, 3.05) is 13.7 Å². The molecule has 2 N–H and O–H groups in total. The normalized spacial score (nSPS) is 11.4. The Morgan fingerprint density at radius 1 is 1.47 bits per heavy atom. The average Bonchev–Trinajstić information content (AvgIpc) is 2.30. The SMILES string of the molecule is CN(C(=O)c1cc(Cl)ccc1O)C(C)(C)CO. The first-order chi connectivity index (χ1) is 7.79. The van der Waals surface area contributed by atoms with Crippen LogP contribution in [0.3, 0.4) is 0 Å². The van der Waals surface area contributed by atoms with Crippen LogP contribution in [0.1, 0.15) is 24.2 Å². The largest absolute Gasteiger partial charge is 0.507 e. The third-order valence-corrected chi connectivity index (χ3v) is 3.02.